The van der Waals surface area contributed by atoms with Gasteiger partial charge in [0.2, 0.25) is 5.91 Å². The Balaban J connectivity index is 0. The van der Waals surface area contributed by atoms with Gasteiger partial charge in [0, 0.05) is 12.6 Å². The largest absolute Gasteiger partial charge is 0.353 e. The maximum atomic E-state index is 12.0. The van der Waals surface area contributed by atoms with E-state index in [1.807, 2.05) is 20.8 Å². The van der Waals surface area contributed by atoms with Crippen molar-refractivity contribution in [3.8, 4) is 0 Å². The van der Waals surface area contributed by atoms with Gasteiger partial charge in [0.25, 0.3) is 0 Å². The van der Waals surface area contributed by atoms with Gasteiger partial charge in [-0.15, -0.1) is 24.8 Å². The lowest BCUT2D eigenvalue weighted by Crippen LogP contribution is -2.52. The Bertz CT molecular complexity index is 282. The van der Waals surface area contributed by atoms with Crippen LogP contribution in [-0.4, -0.2) is 42.5 Å². The number of nitrogens with zero attached hydrogens (tertiary/aromatic N) is 1. The van der Waals surface area contributed by atoms with Crippen LogP contribution in [0.15, 0.2) is 0 Å². The monoisotopic (exact) mass is 327 g/mol. The molecule has 0 aliphatic carbocycles. The van der Waals surface area contributed by atoms with Crippen LogP contribution in [0, 0.1) is 5.41 Å². The van der Waals surface area contributed by atoms with Gasteiger partial charge in [0.1, 0.15) is 0 Å². The third kappa shape index (κ3) is 6.61. The summed E-state index contributed by atoms with van der Waals surface area (Å²) in [7, 11) is 0. The first-order chi connectivity index (χ1) is 8.36. The second-order valence-electron chi connectivity index (χ2n) is 6.37. The van der Waals surface area contributed by atoms with Crippen LogP contribution in [0.5, 0.6) is 0 Å². The summed E-state index contributed by atoms with van der Waals surface area (Å²) in [5.74, 6) is -0.0240. The maximum Gasteiger partial charge on any atom is 0.237 e. The normalized spacial score (nSPS) is 21.4. The fourth-order valence-electron chi connectivity index (χ4n) is 2.43. The van der Waals surface area contributed by atoms with E-state index in [0.717, 1.165) is 19.6 Å². The van der Waals surface area contributed by atoms with Crippen molar-refractivity contribution in [2.75, 3.05) is 19.6 Å². The van der Waals surface area contributed by atoms with E-state index < -0.39 is 6.04 Å². The van der Waals surface area contributed by atoms with Crippen molar-refractivity contribution in [2.24, 2.45) is 11.1 Å². The average Bonchev–Trinajstić information content (AvgIpc) is 2.34. The minimum atomic E-state index is -0.434. The molecule has 1 rings (SSSR count). The van der Waals surface area contributed by atoms with Gasteiger partial charge in [0.15, 0.2) is 0 Å². The number of likely N-dealkylation sites (N-methyl/N-ethyl adjacent to an activating group) is 1. The van der Waals surface area contributed by atoms with E-state index in [4.69, 9.17) is 5.73 Å². The molecule has 1 aliphatic rings. The van der Waals surface area contributed by atoms with Gasteiger partial charge in [-0.25, -0.2) is 0 Å². The molecular weight excluding hydrogens is 297 g/mol. The molecule has 1 saturated heterocycles. The van der Waals surface area contributed by atoms with Gasteiger partial charge in [0.05, 0.1) is 6.04 Å². The third-order valence-electron chi connectivity index (χ3n) is 3.88. The number of amides is 1. The van der Waals surface area contributed by atoms with Crippen molar-refractivity contribution < 1.29 is 4.79 Å². The van der Waals surface area contributed by atoms with E-state index in [1.54, 1.807) is 0 Å². The molecule has 0 aromatic heterocycles. The average molecular weight is 328 g/mol. The number of rotatable bonds is 4. The first-order valence-electron chi connectivity index (χ1n) is 7.13. The maximum absolute atomic E-state index is 12.0. The minimum Gasteiger partial charge on any atom is -0.353 e. The molecule has 0 spiro atoms. The molecule has 1 aliphatic heterocycles. The molecule has 6 heteroatoms. The van der Waals surface area contributed by atoms with Gasteiger partial charge in [-0.05, 0) is 31.3 Å². The highest BCUT2D eigenvalue weighted by atomic mass is 35.5. The molecule has 1 amide bonds. The number of nitrogens with one attached hydrogen (secondary N) is 1. The molecular formula is C14H31Cl2N3O. The molecule has 0 bridgehead atoms. The van der Waals surface area contributed by atoms with Crippen molar-refractivity contribution in [1.29, 1.82) is 0 Å². The van der Waals surface area contributed by atoms with Gasteiger partial charge < -0.3 is 11.1 Å². The molecule has 20 heavy (non-hydrogen) atoms. The van der Waals surface area contributed by atoms with E-state index >= 15 is 0 Å². The molecule has 122 valence electrons. The fourth-order valence-corrected chi connectivity index (χ4v) is 2.43. The summed E-state index contributed by atoms with van der Waals surface area (Å²) in [5.41, 5.74) is 5.77. The zero-order valence-electron chi connectivity index (χ0n) is 13.1. The molecule has 1 heterocycles. The SMILES string of the molecule is CCN1CCCCC1CNC(=O)[C@@H](N)C(C)(C)C.Cl.Cl. The highest BCUT2D eigenvalue weighted by Gasteiger charge is 2.28. The number of piperidine rings is 1. The van der Waals surface area contributed by atoms with Gasteiger partial charge >= 0.3 is 0 Å². The quantitative estimate of drug-likeness (QED) is 0.832. The molecule has 4 nitrogen and oxygen atoms in total. The van der Waals surface area contributed by atoms with Gasteiger partial charge in [-0.2, -0.15) is 0 Å². The summed E-state index contributed by atoms with van der Waals surface area (Å²) in [6, 6.07) is 0.0519. The number of likely N-dealkylation sites (tertiary alicyclic amines) is 1. The lowest BCUT2D eigenvalue weighted by atomic mass is 9.87. The highest BCUT2D eigenvalue weighted by molar-refractivity contribution is 5.85. The number of carbonyl (C=O) groups excluding carboxylic acids is 1. The molecule has 2 atom stereocenters. The number of nitrogens with two attached hydrogens (primary N) is 1. The zero-order valence-corrected chi connectivity index (χ0v) is 14.8. The lowest BCUT2D eigenvalue weighted by molar-refractivity contribution is -0.124. The minimum absolute atomic E-state index is 0. The Hall–Kier alpha value is -0.0300. The van der Waals surface area contributed by atoms with Gasteiger partial charge in [-0.3, -0.25) is 9.69 Å². The number of hydrogen-bond acceptors (Lipinski definition) is 3. The Morgan fingerprint density at radius 2 is 1.95 bits per heavy atom. The van der Waals surface area contributed by atoms with E-state index in [1.165, 1.54) is 19.3 Å². The van der Waals surface area contributed by atoms with Crippen molar-refractivity contribution in [2.45, 2.75) is 59.0 Å². The molecule has 1 unspecified atom stereocenters. The van der Waals surface area contributed by atoms with Crippen LogP contribution in [0.3, 0.4) is 0 Å². The van der Waals surface area contributed by atoms with Crippen molar-refractivity contribution in [3.05, 3.63) is 0 Å². The van der Waals surface area contributed by atoms with Crippen LogP contribution in [0.2, 0.25) is 0 Å². The van der Waals surface area contributed by atoms with Crippen molar-refractivity contribution in [1.82, 2.24) is 10.2 Å². The molecule has 1 fully saturated rings. The summed E-state index contributed by atoms with van der Waals surface area (Å²) in [6.07, 6.45) is 3.72. The number of halogens is 2. The van der Waals surface area contributed by atoms with Crippen molar-refractivity contribution in [3.63, 3.8) is 0 Å². The van der Waals surface area contributed by atoms with Crippen LogP contribution in [0.4, 0.5) is 0 Å². The summed E-state index contributed by atoms with van der Waals surface area (Å²) < 4.78 is 0. The number of carbonyl (C=O) groups is 1. The fraction of sp³-hybridized carbons (Fsp3) is 0.929. The van der Waals surface area contributed by atoms with Crippen molar-refractivity contribution >= 4 is 30.7 Å². The highest BCUT2D eigenvalue weighted by Crippen LogP contribution is 2.18. The molecule has 0 aromatic carbocycles. The van der Waals surface area contributed by atoms with E-state index in [0.29, 0.717) is 6.04 Å². The third-order valence-corrected chi connectivity index (χ3v) is 3.88. The topological polar surface area (TPSA) is 58.4 Å². The van der Waals surface area contributed by atoms with E-state index in [9.17, 15) is 4.79 Å². The van der Waals surface area contributed by atoms with Gasteiger partial charge in [-0.1, -0.05) is 34.1 Å². The van der Waals surface area contributed by atoms with Crippen LogP contribution in [0.25, 0.3) is 0 Å². The smallest absolute Gasteiger partial charge is 0.237 e. The van der Waals surface area contributed by atoms with Crippen LogP contribution < -0.4 is 11.1 Å². The Labute approximate surface area is 136 Å². The Morgan fingerprint density at radius 3 is 2.45 bits per heavy atom. The summed E-state index contributed by atoms with van der Waals surface area (Å²) >= 11 is 0. The molecule has 0 aromatic rings. The number of hydrogen-bond donors (Lipinski definition) is 2. The summed E-state index contributed by atoms with van der Waals surface area (Å²) in [5, 5.41) is 3.02. The standard InChI is InChI=1S/C14H29N3O.2ClH/c1-5-17-9-7-6-8-11(17)10-16-13(18)12(15)14(2,3)4;;/h11-12H,5-10,15H2,1-4H3,(H,16,18);2*1H/t11?,12-;;/m1../s1. The first kappa shape index (κ1) is 22.3. The molecule has 0 saturated carbocycles. The molecule has 3 N–H and O–H groups in total. The Kier molecular flexibility index (Phi) is 10.9. The second-order valence-corrected chi connectivity index (χ2v) is 6.37. The predicted octanol–water partition coefficient (Wildman–Crippen LogP) is 2.19. The summed E-state index contributed by atoms with van der Waals surface area (Å²) in [4.78, 5) is 14.4. The molecule has 0 radical (unpaired) electrons. The van der Waals surface area contributed by atoms with Crippen LogP contribution >= 0.6 is 24.8 Å². The predicted molar refractivity (Wildman–Crippen MR) is 89.8 cm³/mol. The van der Waals surface area contributed by atoms with E-state index in [2.05, 4.69) is 17.1 Å². The van der Waals surface area contributed by atoms with Crippen LogP contribution in [0.1, 0.15) is 47.0 Å². The summed E-state index contributed by atoms with van der Waals surface area (Å²) in [6.45, 7) is 11.1. The van der Waals surface area contributed by atoms with Crippen LogP contribution in [-0.2, 0) is 4.79 Å². The van der Waals surface area contributed by atoms with E-state index in [-0.39, 0.29) is 36.1 Å². The Morgan fingerprint density at radius 1 is 1.35 bits per heavy atom. The zero-order chi connectivity index (χ0) is 13.8. The second kappa shape index (κ2) is 9.82. The lowest BCUT2D eigenvalue weighted by Gasteiger charge is -2.35. The first-order valence-corrected chi connectivity index (χ1v) is 7.13.